The molecule has 1 atom stereocenters. The molecular weight excluding hydrogens is 378 g/mol. The van der Waals surface area contributed by atoms with Gasteiger partial charge in [-0.2, -0.15) is 4.31 Å². The highest BCUT2D eigenvalue weighted by atomic mass is 32.2. The minimum Gasteiger partial charge on any atom is -0.372 e. The molecule has 7 nitrogen and oxygen atoms in total. The van der Waals surface area contributed by atoms with Crippen molar-refractivity contribution < 1.29 is 17.9 Å². The maximum absolute atomic E-state index is 12.6. The smallest absolute Gasteiger partial charge is 0.243 e. The normalized spacial score (nSPS) is 21.4. The molecule has 28 heavy (non-hydrogen) atoms. The van der Waals surface area contributed by atoms with Crippen LogP contribution in [0.2, 0.25) is 0 Å². The van der Waals surface area contributed by atoms with Crippen LogP contribution in [0.5, 0.6) is 0 Å². The molecule has 0 aliphatic carbocycles. The van der Waals surface area contributed by atoms with E-state index in [1.165, 1.54) is 4.31 Å². The second-order valence-corrected chi connectivity index (χ2v) is 9.42. The molecule has 148 valence electrons. The van der Waals surface area contributed by atoms with E-state index in [4.69, 9.17) is 4.74 Å². The number of nitrogens with one attached hydrogen (secondary N) is 1. The van der Waals surface area contributed by atoms with E-state index in [0.29, 0.717) is 44.0 Å². The highest BCUT2D eigenvalue weighted by Gasteiger charge is 2.53. The molecule has 8 heteroatoms. The number of rotatable bonds is 6. The predicted octanol–water partition coefficient (Wildman–Crippen LogP) is 1.57. The first kappa shape index (κ1) is 19.0. The average molecular weight is 401 g/mol. The predicted molar refractivity (Wildman–Crippen MR) is 103 cm³/mol. The Labute approximate surface area is 164 Å². The molecule has 2 fully saturated rings. The Morgan fingerprint density at radius 3 is 2.61 bits per heavy atom. The van der Waals surface area contributed by atoms with Crippen LogP contribution in [0.1, 0.15) is 18.4 Å². The molecule has 3 heterocycles. The summed E-state index contributed by atoms with van der Waals surface area (Å²) in [5, 5.41) is 2.92. The van der Waals surface area contributed by atoms with Gasteiger partial charge in [-0.25, -0.2) is 8.42 Å². The lowest BCUT2D eigenvalue weighted by Gasteiger charge is -2.46. The van der Waals surface area contributed by atoms with Crippen molar-refractivity contribution in [3.63, 3.8) is 0 Å². The van der Waals surface area contributed by atoms with E-state index >= 15 is 0 Å². The van der Waals surface area contributed by atoms with Crippen molar-refractivity contribution in [2.45, 2.75) is 29.9 Å². The van der Waals surface area contributed by atoms with E-state index in [1.54, 1.807) is 42.7 Å². The fourth-order valence-electron chi connectivity index (χ4n) is 3.83. The van der Waals surface area contributed by atoms with Gasteiger partial charge in [0.25, 0.3) is 0 Å². The van der Waals surface area contributed by atoms with Crippen molar-refractivity contribution in [2.75, 3.05) is 19.7 Å². The van der Waals surface area contributed by atoms with Gasteiger partial charge in [-0.15, -0.1) is 0 Å². The summed E-state index contributed by atoms with van der Waals surface area (Å²) in [6.07, 6.45) is 4.48. The number of carbonyl (C=O) groups is 1. The van der Waals surface area contributed by atoms with E-state index in [-0.39, 0.29) is 11.8 Å². The van der Waals surface area contributed by atoms with Gasteiger partial charge in [0.05, 0.1) is 17.1 Å². The van der Waals surface area contributed by atoms with Crippen LogP contribution in [0.25, 0.3) is 0 Å². The largest absolute Gasteiger partial charge is 0.372 e. The number of amides is 1. The number of carbonyl (C=O) groups excluding carboxylic acids is 1. The first-order valence-corrected chi connectivity index (χ1v) is 10.8. The van der Waals surface area contributed by atoms with Crippen molar-refractivity contribution in [1.29, 1.82) is 0 Å². The molecule has 1 aromatic carbocycles. The average Bonchev–Trinajstić information content (AvgIpc) is 3.11. The zero-order chi connectivity index (χ0) is 19.6. The van der Waals surface area contributed by atoms with Crippen LogP contribution in [0.15, 0.2) is 59.8 Å². The number of ether oxygens (including phenoxy) is 1. The maximum atomic E-state index is 12.6. The summed E-state index contributed by atoms with van der Waals surface area (Å²) in [6, 6.07) is 12.2. The lowest BCUT2D eigenvalue weighted by atomic mass is 9.87. The molecule has 0 bridgehead atoms. The molecule has 0 radical (unpaired) electrons. The van der Waals surface area contributed by atoms with E-state index in [1.807, 2.05) is 12.1 Å². The number of sulfonamides is 1. The summed E-state index contributed by atoms with van der Waals surface area (Å²) in [5.74, 6) is 0.0922. The summed E-state index contributed by atoms with van der Waals surface area (Å²) in [5.41, 5.74) is 0.556. The Kier molecular flexibility index (Phi) is 5.18. The van der Waals surface area contributed by atoms with Crippen molar-refractivity contribution in [1.82, 2.24) is 14.6 Å². The Hall–Kier alpha value is -2.29. The van der Waals surface area contributed by atoms with Crippen molar-refractivity contribution >= 4 is 15.9 Å². The van der Waals surface area contributed by atoms with E-state index < -0.39 is 15.6 Å². The molecule has 1 amide bonds. The summed E-state index contributed by atoms with van der Waals surface area (Å²) in [6.45, 7) is 1.66. The van der Waals surface area contributed by atoms with Gasteiger partial charge in [-0.05, 0) is 42.2 Å². The molecule has 4 rings (SSSR count). The molecule has 1 unspecified atom stereocenters. The second kappa shape index (κ2) is 7.62. The monoisotopic (exact) mass is 401 g/mol. The van der Waals surface area contributed by atoms with Crippen LogP contribution in [-0.4, -0.2) is 48.9 Å². The number of nitrogens with zero attached hydrogens (tertiary/aromatic N) is 2. The number of benzene rings is 1. The van der Waals surface area contributed by atoms with Crippen molar-refractivity contribution in [2.24, 2.45) is 5.92 Å². The Morgan fingerprint density at radius 2 is 1.89 bits per heavy atom. The molecular formula is C20H23N3O4S. The maximum Gasteiger partial charge on any atom is 0.243 e. The van der Waals surface area contributed by atoms with Gasteiger partial charge < -0.3 is 10.1 Å². The Balaban J connectivity index is 1.27. The Bertz CT molecular complexity index is 928. The highest BCUT2D eigenvalue weighted by molar-refractivity contribution is 7.89. The number of pyridine rings is 1. The number of hydrogen-bond acceptors (Lipinski definition) is 5. The summed E-state index contributed by atoms with van der Waals surface area (Å²) >= 11 is 0. The number of aromatic nitrogens is 1. The minimum atomic E-state index is -3.48. The van der Waals surface area contributed by atoms with Gasteiger partial charge in [-0.1, -0.05) is 18.2 Å². The molecule has 2 aromatic rings. The van der Waals surface area contributed by atoms with E-state index in [0.717, 1.165) is 5.56 Å². The van der Waals surface area contributed by atoms with Crippen LogP contribution in [-0.2, 0) is 26.1 Å². The second-order valence-electron chi connectivity index (χ2n) is 7.49. The first-order valence-electron chi connectivity index (χ1n) is 9.32. The van der Waals surface area contributed by atoms with E-state index in [9.17, 15) is 13.2 Å². The van der Waals surface area contributed by atoms with E-state index in [2.05, 4.69) is 10.3 Å². The van der Waals surface area contributed by atoms with Crippen LogP contribution in [0.4, 0.5) is 0 Å². The number of hydrogen-bond donors (Lipinski definition) is 1. The SMILES string of the molecule is O=C(CC1COC2(C1)CN(S(=O)(=O)c1ccccc1)C2)NCc1ccncc1. The van der Waals surface area contributed by atoms with Gasteiger partial charge >= 0.3 is 0 Å². The standard InChI is InChI=1S/C20H23N3O4S/c24-19(22-12-16-6-8-21-9-7-16)10-17-11-20(27-13-17)14-23(15-20)28(25,26)18-4-2-1-3-5-18/h1-9,17H,10-15H2,(H,22,24). The van der Waals surface area contributed by atoms with Gasteiger partial charge in [0, 0.05) is 38.4 Å². The lowest BCUT2D eigenvalue weighted by Crippen LogP contribution is -2.63. The fourth-order valence-corrected chi connectivity index (χ4v) is 5.44. The summed E-state index contributed by atoms with van der Waals surface area (Å²) in [7, 11) is -3.48. The molecule has 0 saturated carbocycles. The van der Waals surface area contributed by atoms with Crippen LogP contribution in [0, 0.1) is 5.92 Å². The highest BCUT2D eigenvalue weighted by Crippen LogP contribution is 2.41. The third-order valence-electron chi connectivity index (χ3n) is 5.31. The molecule has 2 aliphatic heterocycles. The first-order chi connectivity index (χ1) is 13.5. The van der Waals surface area contributed by atoms with Crippen molar-refractivity contribution in [3.8, 4) is 0 Å². The quantitative estimate of drug-likeness (QED) is 0.794. The lowest BCUT2D eigenvalue weighted by molar-refractivity contribution is -0.122. The third kappa shape index (κ3) is 3.94. The molecule has 1 N–H and O–H groups in total. The van der Waals surface area contributed by atoms with Gasteiger partial charge in [0.15, 0.2) is 0 Å². The van der Waals surface area contributed by atoms with Gasteiger partial charge in [0.1, 0.15) is 0 Å². The molecule has 2 aliphatic rings. The van der Waals surface area contributed by atoms with Gasteiger partial charge in [0.2, 0.25) is 15.9 Å². The summed E-state index contributed by atoms with van der Waals surface area (Å²) in [4.78, 5) is 16.5. The minimum absolute atomic E-state index is 0.0180. The van der Waals surface area contributed by atoms with Crippen LogP contribution in [0.3, 0.4) is 0 Å². The van der Waals surface area contributed by atoms with Crippen molar-refractivity contribution in [3.05, 3.63) is 60.4 Å². The summed E-state index contributed by atoms with van der Waals surface area (Å²) < 4.78 is 32.6. The molecule has 1 spiro atoms. The Morgan fingerprint density at radius 1 is 1.18 bits per heavy atom. The third-order valence-corrected chi connectivity index (χ3v) is 7.11. The molecule has 1 aromatic heterocycles. The van der Waals surface area contributed by atoms with Crippen LogP contribution < -0.4 is 5.32 Å². The fraction of sp³-hybridized carbons (Fsp3) is 0.400. The molecule has 2 saturated heterocycles. The van der Waals surface area contributed by atoms with Crippen LogP contribution >= 0.6 is 0 Å². The topological polar surface area (TPSA) is 88.6 Å². The zero-order valence-corrected chi connectivity index (χ0v) is 16.3. The zero-order valence-electron chi connectivity index (χ0n) is 15.5. The van der Waals surface area contributed by atoms with Gasteiger partial charge in [-0.3, -0.25) is 9.78 Å².